The lowest BCUT2D eigenvalue weighted by molar-refractivity contribution is 0.0599. The van der Waals surface area contributed by atoms with Crippen LogP contribution in [0.3, 0.4) is 0 Å². The Morgan fingerprint density at radius 2 is 1.96 bits per heavy atom. The predicted octanol–water partition coefficient (Wildman–Crippen LogP) is 4.11. The molecule has 0 atom stereocenters. The van der Waals surface area contributed by atoms with Gasteiger partial charge in [-0.1, -0.05) is 0 Å². The van der Waals surface area contributed by atoms with Gasteiger partial charge in [0.2, 0.25) is 0 Å². The average molecular weight is 351 g/mol. The SMILES string of the molecule is COC(=O)c1cc(F)c(-c2nc3cc(C)ccn3c2CCl)c(F)c1. The first kappa shape index (κ1) is 16.4. The number of aromatic nitrogens is 2. The number of carbonyl (C=O) groups excluding carboxylic acids is 1. The van der Waals surface area contributed by atoms with E-state index >= 15 is 0 Å². The second-order valence-corrected chi connectivity index (χ2v) is 5.55. The monoisotopic (exact) mass is 350 g/mol. The van der Waals surface area contributed by atoms with E-state index in [0.717, 1.165) is 24.8 Å². The molecule has 0 saturated heterocycles. The van der Waals surface area contributed by atoms with Crippen LogP contribution in [-0.2, 0) is 10.6 Å². The topological polar surface area (TPSA) is 43.6 Å². The van der Waals surface area contributed by atoms with Crippen LogP contribution in [0.5, 0.6) is 0 Å². The van der Waals surface area contributed by atoms with E-state index in [2.05, 4.69) is 9.72 Å². The lowest BCUT2D eigenvalue weighted by Gasteiger charge is -2.07. The number of fused-ring (bicyclic) bond motifs is 1. The molecule has 3 aromatic rings. The van der Waals surface area contributed by atoms with E-state index < -0.39 is 17.6 Å². The number of carbonyl (C=O) groups is 1. The van der Waals surface area contributed by atoms with Crippen LogP contribution in [0.15, 0.2) is 30.5 Å². The molecule has 24 heavy (non-hydrogen) atoms. The second-order valence-electron chi connectivity index (χ2n) is 5.28. The quantitative estimate of drug-likeness (QED) is 0.527. The number of ether oxygens (including phenoxy) is 1. The third kappa shape index (κ3) is 2.63. The number of rotatable bonds is 3. The van der Waals surface area contributed by atoms with Gasteiger partial charge < -0.3 is 9.14 Å². The summed E-state index contributed by atoms with van der Waals surface area (Å²) in [6.45, 7) is 1.89. The average Bonchev–Trinajstić information content (AvgIpc) is 2.90. The van der Waals surface area contributed by atoms with Gasteiger partial charge in [-0.25, -0.2) is 18.6 Å². The minimum atomic E-state index is -0.901. The standard InChI is InChI=1S/C17H13ClF2N2O2/c1-9-3-4-22-13(8-18)16(21-14(22)5-9)15-11(19)6-10(7-12(15)20)17(23)24-2/h3-7H,8H2,1-2H3. The lowest BCUT2D eigenvalue weighted by atomic mass is 10.1. The van der Waals surface area contributed by atoms with Crippen LogP contribution < -0.4 is 0 Å². The van der Waals surface area contributed by atoms with Crippen molar-refractivity contribution in [3.63, 3.8) is 0 Å². The molecule has 0 fully saturated rings. The molecule has 0 unspecified atom stereocenters. The van der Waals surface area contributed by atoms with Gasteiger partial charge >= 0.3 is 5.97 Å². The number of hydrogen-bond donors (Lipinski definition) is 0. The molecule has 0 spiro atoms. The Labute approximate surface area is 141 Å². The maximum absolute atomic E-state index is 14.5. The van der Waals surface area contributed by atoms with Crippen molar-refractivity contribution in [1.82, 2.24) is 9.38 Å². The fourth-order valence-corrected chi connectivity index (χ4v) is 2.82. The molecule has 0 saturated carbocycles. The molecule has 3 rings (SSSR count). The summed E-state index contributed by atoms with van der Waals surface area (Å²) in [7, 11) is 1.14. The van der Waals surface area contributed by atoms with Crippen molar-refractivity contribution in [1.29, 1.82) is 0 Å². The largest absolute Gasteiger partial charge is 0.465 e. The first-order valence-electron chi connectivity index (χ1n) is 7.07. The third-order valence-corrected chi connectivity index (χ3v) is 3.96. The summed E-state index contributed by atoms with van der Waals surface area (Å²) in [5.41, 5.74) is 1.55. The summed E-state index contributed by atoms with van der Waals surface area (Å²) < 4.78 is 35.1. The highest BCUT2D eigenvalue weighted by molar-refractivity contribution is 6.17. The molecule has 0 radical (unpaired) electrons. The van der Waals surface area contributed by atoms with Crippen molar-refractivity contribution in [3.8, 4) is 11.3 Å². The summed E-state index contributed by atoms with van der Waals surface area (Å²) in [4.78, 5) is 15.8. The summed E-state index contributed by atoms with van der Waals surface area (Å²) >= 11 is 5.97. The molecule has 124 valence electrons. The van der Waals surface area contributed by atoms with Crippen molar-refractivity contribution in [3.05, 3.63) is 58.9 Å². The van der Waals surface area contributed by atoms with Gasteiger partial charge in [0, 0.05) is 6.20 Å². The second kappa shape index (κ2) is 6.20. The molecule has 0 aliphatic carbocycles. The maximum atomic E-state index is 14.5. The molecule has 2 aromatic heterocycles. The molecular formula is C17H13ClF2N2O2. The van der Waals surface area contributed by atoms with Gasteiger partial charge in [0.1, 0.15) is 17.3 Å². The molecule has 1 aromatic carbocycles. The zero-order valence-corrected chi connectivity index (χ0v) is 13.7. The minimum Gasteiger partial charge on any atom is -0.465 e. The van der Waals surface area contributed by atoms with Crippen molar-refractivity contribution in [2.45, 2.75) is 12.8 Å². The molecular weight excluding hydrogens is 338 g/mol. The highest BCUT2D eigenvalue weighted by atomic mass is 35.5. The van der Waals surface area contributed by atoms with Gasteiger partial charge in [-0.3, -0.25) is 0 Å². The zero-order chi connectivity index (χ0) is 17.4. The van der Waals surface area contributed by atoms with Gasteiger partial charge in [0.05, 0.1) is 35.5 Å². The van der Waals surface area contributed by atoms with E-state index in [4.69, 9.17) is 11.6 Å². The molecule has 0 N–H and O–H groups in total. The fraction of sp³-hybridized carbons (Fsp3) is 0.176. The van der Waals surface area contributed by atoms with Crippen LogP contribution in [-0.4, -0.2) is 22.5 Å². The smallest absolute Gasteiger partial charge is 0.338 e. The molecule has 0 bridgehead atoms. The Balaban J connectivity index is 2.26. The summed E-state index contributed by atoms with van der Waals surface area (Å²) in [5.74, 6) is -2.59. The van der Waals surface area contributed by atoms with Crippen molar-refractivity contribution in [2.75, 3.05) is 7.11 Å². The zero-order valence-electron chi connectivity index (χ0n) is 12.9. The van der Waals surface area contributed by atoms with Crippen molar-refractivity contribution < 1.29 is 18.3 Å². The Hall–Kier alpha value is -2.47. The Bertz CT molecular complexity index is 930. The predicted molar refractivity (Wildman–Crippen MR) is 86.2 cm³/mol. The van der Waals surface area contributed by atoms with E-state index in [0.29, 0.717) is 11.3 Å². The van der Waals surface area contributed by atoms with E-state index in [9.17, 15) is 13.6 Å². The molecule has 0 aliphatic heterocycles. The molecule has 2 heterocycles. The molecule has 4 nitrogen and oxygen atoms in total. The van der Waals surface area contributed by atoms with Crippen LogP contribution in [0.2, 0.25) is 0 Å². The van der Waals surface area contributed by atoms with Gasteiger partial charge in [0.25, 0.3) is 0 Å². The van der Waals surface area contributed by atoms with Gasteiger partial charge in [0.15, 0.2) is 0 Å². The van der Waals surface area contributed by atoms with Gasteiger partial charge in [-0.2, -0.15) is 0 Å². The number of pyridine rings is 1. The summed E-state index contributed by atoms with van der Waals surface area (Å²) in [5, 5.41) is 0. The highest BCUT2D eigenvalue weighted by Gasteiger charge is 2.22. The molecule has 0 amide bonds. The van der Waals surface area contributed by atoms with E-state index in [-0.39, 0.29) is 22.7 Å². The fourth-order valence-electron chi connectivity index (χ4n) is 2.56. The number of imidazole rings is 1. The highest BCUT2D eigenvalue weighted by Crippen LogP contribution is 2.31. The van der Waals surface area contributed by atoms with Crippen LogP contribution >= 0.6 is 11.6 Å². The molecule has 0 aliphatic rings. The number of aryl methyl sites for hydroxylation is 1. The number of halogens is 3. The minimum absolute atomic E-state index is 0.0250. The first-order chi connectivity index (χ1) is 11.5. The van der Waals surface area contributed by atoms with Crippen molar-refractivity contribution in [2.24, 2.45) is 0 Å². The van der Waals surface area contributed by atoms with Crippen LogP contribution in [0.25, 0.3) is 16.9 Å². The normalized spacial score (nSPS) is 11.0. The van der Waals surface area contributed by atoms with Gasteiger partial charge in [-0.15, -0.1) is 11.6 Å². The first-order valence-corrected chi connectivity index (χ1v) is 7.61. The number of benzene rings is 1. The van der Waals surface area contributed by atoms with E-state index in [1.165, 1.54) is 0 Å². The third-order valence-electron chi connectivity index (χ3n) is 3.71. The Morgan fingerprint density at radius 1 is 1.29 bits per heavy atom. The number of esters is 1. The van der Waals surface area contributed by atoms with Gasteiger partial charge in [-0.05, 0) is 36.8 Å². The Kier molecular flexibility index (Phi) is 4.24. The summed E-state index contributed by atoms with van der Waals surface area (Å²) in [6.07, 6.45) is 1.75. The Morgan fingerprint density at radius 3 is 2.54 bits per heavy atom. The number of methoxy groups -OCH3 is 1. The lowest BCUT2D eigenvalue weighted by Crippen LogP contribution is -2.04. The number of hydrogen-bond acceptors (Lipinski definition) is 3. The molecule has 7 heteroatoms. The maximum Gasteiger partial charge on any atom is 0.338 e. The van der Waals surface area contributed by atoms with E-state index in [1.807, 2.05) is 13.0 Å². The summed E-state index contributed by atoms with van der Waals surface area (Å²) in [6, 6.07) is 5.49. The number of nitrogens with zero attached hydrogens (tertiary/aromatic N) is 2. The van der Waals surface area contributed by atoms with Crippen LogP contribution in [0.4, 0.5) is 8.78 Å². The van der Waals surface area contributed by atoms with E-state index in [1.54, 1.807) is 16.7 Å². The number of alkyl halides is 1. The van der Waals surface area contributed by atoms with Crippen molar-refractivity contribution >= 4 is 23.2 Å². The van der Waals surface area contributed by atoms with Crippen LogP contribution in [0, 0.1) is 18.6 Å². The van der Waals surface area contributed by atoms with Crippen LogP contribution in [0.1, 0.15) is 21.6 Å².